The summed E-state index contributed by atoms with van der Waals surface area (Å²) in [6, 6.07) is 12.6. The Morgan fingerprint density at radius 3 is 2.39 bits per heavy atom. The van der Waals surface area contributed by atoms with Gasteiger partial charge < -0.3 is 15.4 Å². The Labute approximate surface area is 133 Å². The molecule has 0 aromatic heterocycles. The van der Waals surface area contributed by atoms with Crippen LogP contribution in [-0.4, -0.2) is 25.0 Å². The van der Waals surface area contributed by atoms with Gasteiger partial charge in [-0.05, 0) is 31.2 Å². The Morgan fingerprint density at radius 1 is 1.04 bits per heavy atom. The van der Waals surface area contributed by atoms with Crippen molar-refractivity contribution in [3.05, 3.63) is 59.9 Å². The van der Waals surface area contributed by atoms with E-state index in [2.05, 4.69) is 10.6 Å². The molecule has 0 bridgehead atoms. The number of carbonyl (C=O) groups is 2. The van der Waals surface area contributed by atoms with Crippen LogP contribution in [0.25, 0.3) is 0 Å². The fourth-order valence-electron chi connectivity index (χ4n) is 1.95. The molecule has 2 aromatic rings. The predicted octanol–water partition coefficient (Wildman–Crippen LogP) is 3.05. The van der Waals surface area contributed by atoms with Crippen LogP contribution < -0.4 is 10.6 Å². The zero-order chi connectivity index (χ0) is 16.7. The molecule has 6 heteroatoms. The second-order valence-corrected chi connectivity index (χ2v) is 4.65. The van der Waals surface area contributed by atoms with E-state index in [0.29, 0.717) is 5.69 Å². The first-order valence-electron chi connectivity index (χ1n) is 7.16. The lowest BCUT2D eigenvalue weighted by Crippen LogP contribution is -2.23. The normalized spacial score (nSPS) is 10.0. The standard InChI is InChI=1S/C17H17FN2O3/c1-2-23-17(22)12-7-3-5-9-14(12)20-16(21)11-19-15-10-6-4-8-13(15)18/h3-10,19H,2,11H2,1H3,(H,20,21). The molecule has 0 atom stereocenters. The smallest absolute Gasteiger partial charge is 0.340 e. The molecule has 0 radical (unpaired) electrons. The number of amides is 1. The maximum absolute atomic E-state index is 13.5. The van der Waals surface area contributed by atoms with Crippen molar-refractivity contribution in [3.8, 4) is 0 Å². The van der Waals surface area contributed by atoms with Gasteiger partial charge in [0.15, 0.2) is 0 Å². The second kappa shape index (κ2) is 7.93. The Bertz CT molecular complexity index is 704. The highest BCUT2D eigenvalue weighted by Crippen LogP contribution is 2.16. The number of para-hydroxylation sites is 2. The Morgan fingerprint density at radius 2 is 1.70 bits per heavy atom. The number of ether oxygens (including phenoxy) is 1. The van der Waals surface area contributed by atoms with Crippen LogP contribution in [0.5, 0.6) is 0 Å². The summed E-state index contributed by atoms with van der Waals surface area (Å²) in [7, 11) is 0. The summed E-state index contributed by atoms with van der Waals surface area (Å²) in [5.74, 6) is -1.34. The minimum absolute atomic E-state index is 0.127. The van der Waals surface area contributed by atoms with Crippen molar-refractivity contribution in [3.63, 3.8) is 0 Å². The number of carbonyl (C=O) groups excluding carboxylic acids is 2. The van der Waals surface area contributed by atoms with Crippen molar-refractivity contribution in [2.45, 2.75) is 6.92 Å². The predicted molar refractivity (Wildman–Crippen MR) is 85.9 cm³/mol. The second-order valence-electron chi connectivity index (χ2n) is 4.65. The van der Waals surface area contributed by atoms with Gasteiger partial charge in [-0.25, -0.2) is 9.18 Å². The van der Waals surface area contributed by atoms with Crippen LogP contribution in [0.4, 0.5) is 15.8 Å². The number of halogens is 1. The minimum Gasteiger partial charge on any atom is -0.462 e. The van der Waals surface area contributed by atoms with Gasteiger partial charge in [-0.3, -0.25) is 4.79 Å². The molecular formula is C17H17FN2O3. The summed E-state index contributed by atoms with van der Waals surface area (Å²) in [4.78, 5) is 23.8. The van der Waals surface area contributed by atoms with Crippen molar-refractivity contribution < 1.29 is 18.7 Å². The Balaban J connectivity index is 2.01. The topological polar surface area (TPSA) is 67.4 Å². The molecule has 2 aromatic carbocycles. The van der Waals surface area contributed by atoms with Gasteiger partial charge in [-0.1, -0.05) is 24.3 Å². The molecular weight excluding hydrogens is 299 g/mol. The van der Waals surface area contributed by atoms with E-state index in [4.69, 9.17) is 4.74 Å². The van der Waals surface area contributed by atoms with Crippen molar-refractivity contribution in [2.75, 3.05) is 23.8 Å². The highest BCUT2D eigenvalue weighted by Gasteiger charge is 2.14. The first-order valence-corrected chi connectivity index (χ1v) is 7.16. The number of rotatable bonds is 6. The third-order valence-electron chi connectivity index (χ3n) is 3.01. The van der Waals surface area contributed by atoms with E-state index in [1.165, 1.54) is 12.1 Å². The Hall–Kier alpha value is -2.89. The van der Waals surface area contributed by atoms with Crippen molar-refractivity contribution in [2.24, 2.45) is 0 Å². The van der Waals surface area contributed by atoms with E-state index in [1.54, 1.807) is 43.3 Å². The molecule has 5 nitrogen and oxygen atoms in total. The van der Waals surface area contributed by atoms with Gasteiger partial charge in [0.05, 0.1) is 30.1 Å². The van der Waals surface area contributed by atoms with Crippen LogP contribution >= 0.6 is 0 Å². The zero-order valence-electron chi connectivity index (χ0n) is 12.6. The molecule has 23 heavy (non-hydrogen) atoms. The molecule has 2 N–H and O–H groups in total. The van der Waals surface area contributed by atoms with Crippen molar-refractivity contribution in [1.82, 2.24) is 0 Å². The number of anilines is 2. The average molecular weight is 316 g/mol. The molecule has 0 fully saturated rings. The molecule has 0 saturated carbocycles. The van der Waals surface area contributed by atoms with E-state index in [-0.39, 0.29) is 24.4 Å². The molecule has 120 valence electrons. The molecule has 1 amide bonds. The SMILES string of the molecule is CCOC(=O)c1ccccc1NC(=O)CNc1ccccc1F. The molecule has 0 aliphatic heterocycles. The van der Waals surface area contributed by atoms with Crippen LogP contribution in [0.3, 0.4) is 0 Å². The maximum atomic E-state index is 13.5. The van der Waals surface area contributed by atoms with Gasteiger partial charge >= 0.3 is 5.97 Å². The molecule has 0 heterocycles. The van der Waals surface area contributed by atoms with Gasteiger partial charge in [0, 0.05) is 0 Å². The van der Waals surface area contributed by atoms with Gasteiger partial charge in [0.1, 0.15) is 5.82 Å². The first-order chi connectivity index (χ1) is 11.1. The monoisotopic (exact) mass is 316 g/mol. The van der Waals surface area contributed by atoms with E-state index in [1.807, 2.05) is 0 Å². The minimum atomic E-state index is -0.509. The van der Waals surface area contributed by atoms with E-state index in [0.717, 1.165) is 0 Å². The van der Waals surface area contributed by atoms with Crippen LogP contribution in [0.2, 0.25) is 0 Å². The number of esters is 1. The number of hydrogen-bond donors (Lipinski definition) is 2. The quantitative estimate of drug-likeness (QED) is 0.804. The van der Waals surface area contributed by atoms with Crippen LogP contribution in [0.15, 0.2) is 48.5 Å². The highest BCUT2D eigenvalue weighted by atomic mass is 19.1. The van der Waals surface area contributed by atoms with E-state index in [9.17, 15) is 14.0 Å². The van der Waals surface area contributed by atoms with E-state index >= 15 is 0 Å². The number of nitrogens with one attached hydrogen (secondary N) is 2. The zero-order valence-corrected chi connectivity index (χ0v) is 12.6. The van der Waals surface area contributed by atoms with Gasteiger partial charge in [0.2, 0.25) is 5.91 Å². The number of hydrogen-bond acceptors (Lipinski definition) is 4. The van der Waals surface area contributed by atoms with Gasteiger partial charge in [0.25, 0.3) is 0 Å². The molecule has 0 unspecified atom stereocenters. The van der Waals surface area contributed by atoms with Crippen molar-refractivity contribution >= 4 is 23.3 Å². The first kappa shape index (κ1) is 16.5. The summed E-state index contributed by atoms with van der Waals surface area (Å²) in [5, 5.41) is 5.32. The molecule has 2 rings (SSSR count). The summed E-state index contributed by atoms with van der Waals surface area (Å²) in [6.45, 7) is 1.82. The summed E-state index contributed by atoms with van der Waals surface area (Å²) in [6.07, 6.45) is 0. The van der Waals surface area contributed by atoms with Gasteiger partial charge in [-0.2, -0.15) is 0 Å². The highest BCUT2D eigenvalue weighted by molar-refractivity contribution is 6.02. The average Bonchev–Trinajstić information content (AvgIpc) is 2.55. The third-order valence-corrected chi connectivity index (χ3v) is 3.01. The largest absolute Gasteiger partial charge is 0.462 e. The fourth-order valence-corrected chi connectivity index (χ4v) is 1.95. The molecule has 0 saturated heterocycles. The van der Waals surface area contributed by atoms with Crippen molar-refractivity contribution in [1.29, 1.82) is 0 Å². The Kier molecular flexibility index (Phi) is 5.68. The van der Waals surface area contributed by atoms with Crippen LogP contribution in [-0.2, 0) is 9.53 Å². The number of benzene rings is 2. The lowest BCUT2D eigenvalue weighted by atomic mass is 10.2. The summed E-state index contributed by atoms with van der Waals surface area (Å²) in [5.41, 5.74) is 0.862. The lowest BCUT2D eigenvalue weighted by Gasteiger charge is -2.11. The summed E-state index contributed by atoms with van der Waals surface area (Å²) >= 11 is 0. The van der Waals surface area contributed by atoms with Crippen LogP contribution in [0.1, 0.15) is 17.3 Å². The fraction of sp³-hybridized carbons (Fsp3) is 0.176. The molecule has 0 aliphatic carbocycles. The maximum Gasteiger partial charge on any atom is 0.340 e. The molecule has 0 aliphatic rings. The van der Waals surface area contributed by atoms with Crippen LogP contribution in [0, 0.1) is 5.82 Å². The molecule has 0 spiro atoms. The third kappa shape index (κ3) is 4.54. The lowest BCUT2D eigenvalue weighted by molar-refractivity contribution is -0.114. The summed E-state index contributed by atoms with van der Waals surface area (Å²) < 4.78 is 18.4. The van der Waals surface area contributed by atoms with Gasteiger partial charge in [-0.15, -0.1) is 0 Å². The van der Waals surface area contributed by atoms with E-state index < -0.39 is 17.7 Å².